The summed E-state index contributed by atoms with van der Waals surface area (Å²) < 4.78 is 13.2. The molecule has 1 saturated carbocycles. The van der Waals surface area contributed by atoms with E-state index in [4.69, 9.17) is 21.1 Å². The van der Waals surface area contributed by atoms with Crippen LogP contribution in [0.3, 0.4) is 0 Å². The van der Waals surface area contributed by atoms with Gasteiger partial charge in [0.15, 0.2) is 0 Å². The molecule has 8 nitrogen and oxygen atoms in total. The summed E-state index contributed by atoms with van der Waals surface area (Å²) in [4.78, 5) is 23.6. The van der Waals surface area contributed by atoms with Crippen LogP contribution in [0, 0.1) is 0 Å². The predicted molar refractivity (Wildman–Crippen MR) is 145 cm³/mol. The maximum atomic E-state index is 12.1. The molecular weight excluding hydrogens is 506 g/mol. The van der Waals surface area contributed by atoms with Crippen molar-refractivity contribution >= 4 is 34.5 Å². The van der Waals surface area contributed by atoms with Crippen molar-refractivity contribution in [3.63, 3.8) is 0 Å². The van der Waals surface area contributed by atoms with Gasteiger partial charge in [-0.1, -0.05) is 41.9 Å². The van der Waals surface area contributed by atoms with Crippen molar-refractivity contribution in [3.8, 4) is 0 Å². The molecule has 0 unspecified atom stereocenters. The number of urea groups is 1. The molecule has 2 aromatic carbocycles. The van der Waals surface area contributed by atoms with Crippen molar-refractivity contribution in [1.82, 2.24) is 15.2 Å². The van der Waals surface area contributed by atoms with Crippen molar-refractivity contribution in [2.75, 3.05) is 19.7 Å². The Morgan fingerprint density at radius 1 is 1.13 bits per heavy atom. The van der Waals surface area contributed by atoms with Gasteiger partial charge in [0.1, 0.15) is 12.8 Å². The van der Waals surface area contributed by atoms with E-state index in [1.54, 1.807) is 6.92 Å². The van der Waals surface area contributed by atoms with Gasteiger partial charge < -0.3 is 29.8 Å². The van der Waals surface area contributed by atoms with E-state index in [-0.39, 0.29) is 19.7 Å². The van der Waals surface area contributed by atoms with Crippen LogP contribution in [-0.2, 0) is 20.7 Å². The van der Waals surface area contributed by atoms with Gasteiger partial charge in [0.05, 0.1) is 29.4 Å². The molecule has 2 heterocycles. The number of aliphatic hydroxyl groups is 1. The van der Waals surface area contributed by atoms with E-state index >= 15 is 0 Å². The second-order valence-electron chi connectivity index (χ2n) is 10.1. The van der Waals surface area contributed by atoms with E-state index in [2.05, 4.69) is 41.1 Å². The number of nitrogens with one attached hydrogen (secondary N) is 2. The average molecular weight is 540 g/mol. The molecule has 5 rings (SSSR count). The van der Waals surface area contributed by atoms with E-state index in [1.807, 2.05) is 22.8 Å². The molecule has 3 atom stereocenters. The lowest BCUT2D eigenvalue weighted by atomic mass is 10.0. The van der Waals surface area contributed by atoms with Gasteiger partial charge in [-0.2, -0.15) is 0 Å². The summed E-state index contributed by atoms with van der Waals surface area (Å²) in [6.07, 6.45) is 4.80. The highest BCUT2D eigenvalue weighted by Crippen LogP contribution is 2.40. The summed E-state index contributed by atoms with van der Waals surface area (Å²) in [6, 6.07) is 14.2. The Bertz CT molecular complexity index is 1290. The standard InChI is InChI=1S/C29H34ClN3O5/c1-2-37-27(35)16-32-29(36)31-15-23-13-22(34)14-26(38-23)33-17-21(28-24(30)4-3-5-25(28)33)12-18-6-8-19(9-7-18)20-10-11-20/h3-9,17,20,22-23,26,34H,2,10-16H2,1H3,(H2,31,32,36)/t22-,23-,26+/m0/s1. The number of hydrogen-bond donors (Lipinski definition) is 3. The number of carbonyl (C=O) groups is 2. The second kappa shape index (κ2) is 11.8. The summed E-state index contributed by atoms with van der Waals surface area (Å²) in [7, 11) is 0. The molecule has 2 amide bonds. The number of carbonyl (C=O) groups excluding carboxylic acids is 2. The van der Waals surface area contributed by atoms with Gasteiger partial charge in [0.25, 0.3) is 0 Å². The topological polar surface area (TPSA) is 102 Å². The first-order valence-corrected chi connectivity index (χ1v) is 13.7. The molecule has 2 aliphatic rings. The number of benzene rings is 2. The maximum Gasteiger partial charge on any atom is 0.325 e. The lowest BCUT2D eigenvalue weighted by Crippen LogP contribution is -2.45. The fourth-order valence-electron chi connectivity index (χ4n) is 5.17. The molecule has 38 heavy (non-hydrogen) atoms. The van der Waals surface area contributed by atoms with Crippen LogP contribution in [0.5, 0.6) is 0 Å². The Morgan fingerprint density at radius 2 is 1.92 bits per heavy atom. The monoisotopic (exact) mass is 539 g/mol. The van der Waals surface area contributed by atoms with Gasteiger partial charge in [-0.15, -0.1) is 0 Å². The Kier molecular flexibility index (Phi) is 8.21. The number of halogens is 1. The highest BCUT2D eigenvalue weighted by Gasteiger charge is 2.31. The zero-order valence-corrected chi connectivity index (χ0v) is 22.2. The molecule has 1 aliphatic carbocycles. The highest BCUT2D eigenvalue weighted by molar-refractivity contribution is 6.35. The number of fused-ring (bicyclic) bond motifs is 1. The number of aromatic nitrogens is 1. The molecule has 0 spiro atoms. The Balaban J connectivity index is 1.29. The number of hydrogen-bond acceptors (Lipinski definition) is 5. The summed E-state index contributed by atoms with van der Waals surface area (Å²) >= 11 is 6.68. The normalized spacial score (nSPS) is 21.3. The van der Waals surface area contributed by atoms with Crippen molar-refractivity contribution in [3.05, 3.63) is 70.4 Å². The third kappa shape index (κ3) is 6.31. The van der Waals surface area contributed by atoms with Crippen LogP contribution in [0.4, 0.5) is 4.79 Å². The fourth-order valence-corrected chi connectivity index (χ4v) is 5.47. The highest BCUT2D eigenvalue weighted by atomic mass is 35.5. The van der Waals surface area contributed by atoms with Gasteiger partial charge in [-0.05, 0) is 60.9 Å². The summed E-state index contributed by atoms with van der Waals surface area (Å²) in [5.74, 6) is 0.223. The lowest BCUT2D eigenvalue weighted by Gasteiger charge is -2.34. The van der Waals surface area contributed by atoms with Crippen molar-refractivity contribution in [2.45, 2.75) is 63.4 Å². The largest absolute Gasteiger partial charge is 0.465 e. The van der Waals surface area contributed by atoms with Gasteiger partial charge in [0, 0.05) is 31.0 Å². The van der Waals surface area contributed by atoms with Gasteiger partial charge in [0.2, 0.25) is 0 Å². The first kappa shape index (κ1) is 26.5. The van der Waals surface area contributed by atoms with Crippen molar-refractivity contribution in [1.29, 1.82) is 0 Å². The minimum Gasteiger partial charge on any atom is -0.465 e. The van der Waals surface area contributed by atoms with Crippen molar-refractivity contribution < 1.29 is 24.2 Å². The first-order valence-electron chi connectivity index (χ1n) is 13.3. The maximum absolute atomic E-state index is 12.1. The second-order valence-corrected chi connectivity index (χ2v) is 10.5. The number of ether oxygens (including phenoxy) is 2. The number of aliphatic hydroxyl groups excluding tert-OH is 1. The summed E-state index contributed by atoms with van der Waals surface area (Å²) in [5, 5.41) is 17.5. The fraction of sp³-hybridized carbons (Fsp3) is 0.448. The van der Waals surface area contributed by atoms with Crippen LogP contribution in [0.25, 0.3) is 10.9 Å². The molecule has 3 N–H and O–H groups in total. The molecule has 1 saturated heterocycles. The molecular formula is C29H34ClN3O5. The van der Waals surface area contributed by atoms with E-state index < -0.39 is 30.4 Å². The van der Waals surface area contributed by atoms with Crippen LogP contribution < -0.4 is 10.6 Å². The molecule has 1 aliphatic heterocycles. The van der Waals surface area contributed by atoms with Crippen LogP contribution >= 0.6 is 11.6 Å². The number of rotatable bonds is 9. The number of nitrogens with zero attached hydrogens (tertiary/aromatic N) is 1. The van der Waals surface area contributed by atoms with Crippen LogP contribution in [-0.4, -0.2) is 53.6 Å². The van der Waals surface area contributed by atoms with Crippen LogP contribution in [0.2, 0.25) is 5.02 Å². The van der Waals surface area contributed by atoms with E-state index in [0.29, 0.717) is 17.9 Å². The molecule has 9 heteroatoms. The molecule has 3 aromatic rings. The minimum absolute atomic E-state index is 0.197. The summed E-state index contributed by atoms with van der Waals surface area (Å²) in [5.41, 5.74) is 4.67. The quantitative estimate of drug-likeness (QED) is 0.343. The SMILES string of the molecule is CCOC(=O)CNC(=O)NC[C@@H]1C[C@H](O)C[C@H](n2cc(Cc3ccc(C4CC4)cc3)c3c(Cl)cccc32)O1. The van der Waals surface area contributed by atoms with E-state index in [1.165, 1.54) is 24.0 Å². The van der Waals surface area contributed by atoms with E-state index in [9.17, 15) is 14.7 Å². The molecule has 0 bridgehead atoms. The summed E-state index contributed by atoms with van der Waals surface area (Å²) in [6.45, 7) is 1.95. The van der Waals surface area contributed by atoms with E-state index in [0.717, 1.165) is 28.8 Å². The smallest absolute Gasteiger partial charge is 0.325 e. The minimum atomic E-state index is -0.585. The predicted octanol–water partition coefficient (Wildman–Crippen LogP) is 4.66. The van der Waals surface area contributed by atoms with Crippen LogP contribution in [0.15, 0.2) is 48.7 Å². The zero-order chi connectivity index (χ0) is 26.6. The number of esters is 1. The molecule has 1 aromatic heterocycles. The Morgan fingerprint density at radius 3 is 2.66 bits per heavy atom. The lowest BCUT2D eigenvalue weighted by molar-refractivity contribution is -0.141. The molecule has 202 valence electrons. The molecule has 0 radical (unpaired) electrons. The Labute approximate surface area is 227 Å². The Hall–Kier alpha value is -3.07. The molecule has 2 fully saturated rings. The van der Waals surface area contributed by atoms with Gasteiger partial charge in [-0.25, -0.2) is 4.79 Å². The number of amides is 2. The average Bonchev–Trinajstić information content (AvgIpc) is 3.68. The van der Waals surface area contributed by atoms with Crippen molar-refractivity contribution in [2.24, 2.45) is 0 Å². The van der Waals surface area contributed by atoms with Crippen LogP contribution in [0.1, 0.15) is 61.4 Å². The van der Waals surface area contributed by atoms with Gasteiger partial charge in [-0.3, -0.25) is 4.79 Å². The first-order chi connectivity index (χ1) is 18.4. The van der Waals surface area contributed by atoms with Gasteiger partial charge >= 0.3 is 12.0 Å². The zero-order valence-electron chi connectivity index (χ0n) is 21.5. The third-order valence-electron chi connectivity index (χ3n) is 7.17. The third-order valence-corrected chi connectivity index (χ3v) is 7.48.